The minimum absolute atomic E-state index is 0.106. The van der Waals surface area contributed by atoms with Crippen molar-refractivity contribution < 1.29 is 18.8 Å². The Labute approximate surface area is 184 Å². The lowest BCUT2D eigenvalue weighted by Crippen LogP contribution is -2.47. The fourth-order valence-electron chi connectivity index (χ4n) is 3.91. The SMILES string of the molecule is COc1cc(OC)c2c(=O)cc(N3CCN(CCc4ccc([N+](=O)[O-])cc4)CC3)oc2c1. The van der Waals surface area contributed by atoms with Gasteiger partial charge in [0.2, 0.25) is 0 Å². The average Bonchev–Trinajstić information content (AvgIpc) is 2.82. The molecule has 3 aromatic rings. The Morgan fingerprint density at radius 2 is 1.75 bits per heavy atom. The molecule has 0 atom stereocenters. The number of ether oxygens (including phenoxy) is 2. The first-order valence-corrected chi connectivity index (χ1v) is 10.4. The van der Waals surface area contributed by atoms with E-state index in [-0.39, 0.29) is 16.0 Å². The second kappa shape index (κ2) is 9.27. The summed E-state index contributed by atoms with van der Waals surface area (Å²) in [6, 6.07) is 11.6. The molecule has 168 valence electrons. The second-order valence-corrected chi connectivity index (χ2v) is 7.65. The number of hydrogen-bond acceptors (Lipinski definition) is 8. The van der Waals surface area contributed by atoms with E-state index in [1.807, 2.05) is 0 Å². The van der Waals surface area contributed by atoms with Crippen LogP contribution in [-0.4, -0.2) is 56.8 Å². The molecular formula is C23H25N3O6. The summed E-state index contributed by atoms with van der Waals surface area (Å²) in [5, 5.41) is 11.2. The van der Waals surface area contributed by atoms with Crippen LogP contribution in [0.1, 0.15) is 5.56 Å². The first kappa shape index (κ1) is 21.6. The van der Waals surface area contributed by atoms with Crippen LogP contribution in [0.15, 0.2) is 51.7 Å². The van der Waals surface area contributed by atoms with Crippen LogP contribution in [0.25, 0.3) is 11.0 Å². The van der Waals surface area contributed by atoms with Crippen molar-refractivity contribution in [2.24, 2.45) is 0 Å². The van der Waals surface area contributed by atoms with E-state index in [2.05, 4.69) is 9.80 Å². The molecule has 1 aliphatic rings. The van der Waals surface area contributed by atoms with Gasteiger partial charge in [-0.05, 0) is 12.0 Å². The summed E-state index contributed by atoms with van der Waals surface area (Å²) >= 11 is 0. The van der Waals surface area contributed by atoms with E-state index < -0.39 is 0 Å². The van der Waals surface area contributed by atoms with Crippen LogP contribution in [0.4, 0.5) is 11.6 Å². The van der Waals surface area contributed by atoms with Crippen molar-refractivity contribution in [2.45, 2.75) is 6.42 Å². The molecule has 1 saturated heterocycles. The Morgan fingerprint density at radius 3 is 2.38 bits per heavy atom. The topological polar surface area (TPSA) is 98.3 Å². The summed E-state index contributed by atoms with van der Waals surface area (Å²) in [5.74, 6) is 1.52. The fraction of sp³-hybridized carbons (Fsp3) is 0.348. The summed E-state index contributed by atoms with van der Waals surface area (Å²) in [5.41, 5.74) is 1.46. The summed E-state index contributed by atoms with van der Waals surface area (Å²) in [7, 11) is 3.07. The number of fused-ring (bicyclic) bond motifs is 1. The van der Waals surface area contributed by atoms with E-state index in [1.165, 1.54) is 13.2 Å². The zero-order chi connectivity index (χ0) is 22.7. The van der Waals surface area contributed by atoms with Crippen molar-refractivity contribution in [2.75, 3.05) is 51.8 Å². The van der Waals surface area contributed by atoms with Gasteiger partial charge in [-0.1, -0.05) is 12.1 Å². The van der Waals surface area contributed by atoms with Crippen LogP contribution in [-0.2, 0) is 6.42 Å². The molecule has 1 fully saturated rings. The summed E-state index contributed by atoms with van der Waals surface area (Å²) < 4.78 is 16.7. The fourth-order valence-corrected chi connectivity index (χ4v) is 3.91. The largest absolute Gasteiger partial charge is 0.496 e. The number of benzene rings is 2. The minimum Gasteiger partial charge on any atom is -0.496 e. The molecule has 0 N–H and O–H groups in total. The summed E-state index contributed by atoms with van der Waals surface area (Å²) in [6.45, 7) is 3.99. The Kier molecular flexibility index (Phi) is 6.27. The molecule has 0 radical (unpaired) electrons. The lowest BCUT2D eigenvalue weighted by Gasteiger charge is -2.35. The third-order valence-corrected chi connectivity index (χ3v) is 5.76. The molecule has 2 heterocycles. The van der Waals surface area contributed by atoms with Crippen molar-refractivity contribution in [1.29, 1.82) is 0 Å². The Hall–Kier alpha value is -3.59. The van der Waals surface area contributed by atoms with E-state index in [9.17, 15) is 14.9 Å². The maximum Gasteiger partial charge on any atom is 0.269 e. The quantitative estimate of drug-likeness (QED) is 0.409. The molecule has 0 unspecified atom stereocenters. The monoisotopic (exact) mass is 439 g/mol. The summed E-state index contributed by atoms with van der Waals surface area (Å²) in [6.07, 6.45) is 0.822. The highest BCUT2D eigenvalue weighted by atomic mass is 16.6. The van der Waals surface area contributed by atoms with Gasteiger partial charge < -0.3 is 18.8 Å². The van der Waals surface area contributed by atoms with Crippen LogP contribution in [0.5, 0.6) is 11.5 Å². The van der Waals surface area contributed by atoms with E-state index >= 15 is 0 Å². The highest BCUT2D eigenvalue weighted by molar-refractivity contribution is 5.86. The lowest BCUT2D eigenvalue weighted by molar-refractivity contribution is -0.384. The Bertz CT molecular complexity index is 1170. The van der Waals surface area contributed by atoms with Gasteiger partial charge in [0.25, 0.3) is 5.69 Å². The first-order chi connectivity index (χ1) is 15.5. The third-order valence-electron chi connectivity index (χ3n) is 5.76. The van der Waals surface area contributed by atoms with Crippen LogP contribution in [0.2, 0.25) is 0 Å². The molecule has 9 nitrogen and oxygen atoms in total. The van der Waals surface area contributed by atoms with Crippen LogP contribution in [0, 0.1) is 10.1 Å². The van der Waals surface area contributed by atoms with E-state index in [0.29, 0.717) is 28.4 Å². The molecule has 0 spiro atoms. The van der Waals surface area contributed by atoms with Gasteiger partial charge in [-0.15, -0.1) is 0 Å². The van der Waals surface area contributed by atoms with Gasteiger partial charge in [-0.2, -0.15) is 0 Å². The molecule has 9 heteroatoms. The lowest BCUT2D eigenvalue weighted by atomic mass is 10.1. The molecule has 32 heavy (non-hydrogen) atoms. The summed E-state index contributed by atoms with van der Waals surface area (Å²) in [4.78, 5) is 27.5. The van der Waals surface area contributed by atoms with Gasteiger partial charge in [0.1, 0.15) is 22.5 Å². The predicted molar refractivity (Wildman–Crippen MR) is 121 cm³/mol. The molecule has 1 aliphatic heterocycles. The first-order valence-electron chi connectivity index (χ1n) is 10.4. The maximum atomic E-state index is 12.8. The second-order valence-electron chi connectivity index (χ2n) is 7.65. The van der Waals surface area contributed by atoms with E-state index in [4.69, 9.17) is 13.9 Å². The minimum atomic E-state index is -0.389. The normalized spacial score (nSPS) is 14.5. The zero-order valence-electron chi connectivity index (χ0n) is 18.1. The van der Waals surface area contributed by atoms with Gasteiger partial charge in [0.15, 0.2) is 11.3 Å². The predicted octanol–water partition coefficient (Wildman–Crippen LogP) is 3.08. The Morgan fingerprint density at radius 1 is 1.03 bits per heavy atom. The number of piperazine rings is 1. The number of nitro benzene ring substituents is 1. The highest BCUT2D eigenvalue weighted by Crippen LogP contribution is 2.31. The van der Waals surface area contributed by atoms with Crippen molar-refractivity contribution in [1.82, 2.24) is 4.90 Å². The average molecular weight is 439 g/mol. The number of methoxy groups -OCH3 is 2. The molecule has 2 aromatic carbocycles. The third kappa shape index (κ3) is 4.52. The van der Waals surface area contributed by atoms with Gasteiger partial charge in [0.05, 0.1) is 19.1 Å². The van der Waals surface area contributed by atoms with Gasteiger partial charge in [-0.3, -0.25) is 19.8 Å². The molecule has 0 amide bonds. The van der Waals surface area contributed by atoms with E-state index in [0.717, 1.165) is 44.7 Å². The molecule has 0 saturated carbocycles. The van der Waals surface area contributed by atoms with Crippen LogP contribution >= 0.6 is 0 Å². The Balaban J connectivity index is 1.41. The van der Waals surface area contributed by atoms with Gasteiger partial charge in [0, 0.05) is 63.1 Å². The number of rotatable bonds is 7. The van der Waals surface area contributed by atoms with Gasteiger partial charge in [-0.25, -0.2) is 0 Å². The van der Waals surface area contributed by atoms with Crippen molar-refractivity contribution in [3.63, 3.8) is 0 Å². The molecule has 0 bridgehead atoms. The number of nitro groups is 1. The number of hydrogen-bond donors (Lipinski definition) is 0. The smallest absolute Gasteiger partial charge is 0.269 e. The standard InChI is InChI=1S/C23H25N3O6/c1-30-18-13-20(31-2)23-19(27)15-22(32-21(23)14-18)25-11-9-24(10-12-25)8-7-16-3-5-17(6-4-16)26(28)29/h3-6,13-15H,7-12H2,1-2H3. The van der Waals surface area contributed by atoms with Crippen molar-refractivity contribution >= 4 is 22.5 Å². The maximum absolute atomic E-state index is 12.8. The molecule has 0 aliphatic carbocycles. The number of nitrogens with zero attached hydrogens (tertiary/aromatic N) is 3. The molecular weight excluding hydrogens is 414 g/mol. The van der Waals surface area contributed by atoms with Crippen LogP contribution in [0.3, 0.4) is 0 Å². The van der Waals surface area contributed by atoms with Crippen molar-refractivity contribution in [3.8, 4) is 11.5 Å². The highest BCUT2D eigenvalue weighted by Gasteiger charge is 2.21. The molecule has 1 aromatic heterocycles. The van der Waals surface area contributed by atoms with Crippen molar-refractivity contribution in [3.05, 3.63) is 68.4 Å². The molecule has 4 rings (SSSR count). The zero-order valence-corrected chi connectivity index (χ0v) is 18.1. The number of anilines is 1. The number of non-ortho nitro benzene ring substituents is 1. The van der Waals surface area contributed by atoms with Crippen LogP contribution < -0.4 is 19.8 Å². The van der Waals surface area contributed by atoms with Gasteiger partial charge >= 0.3 is 0 Å². The van der Waals surface area contributed by atoms with E-state index in [1.54, 1.807) is 43.5 Å².